The Hall–Kier alpha value is -2.99. The van der Waals surface area contributed by atoms with E-state index in [0.29, 0.717) is 0 Å². The van der Waals surface area contributed by atoms with Gasteiger partial charge in [0.1, 0.15) is 0 Å². The van der Waals surface area contributed by atoms with Gasteiger partial charge < -0.3 is 14.9 Å². The predicted octanol–water partition coefficient (Wildman–Crippen LogP) is 3.81. The molecular formula is C25H27N5O. The molecule has 31 heavy (non-hydrogen) atoms. The number of rotatable bonds is 2. The lowest BCUT2D eigenvalue weighted by atomic mass is 9.76. The van der Waals surface area contributed by atoms with Crippen molar-refractivity contribution in [3.63, 3.8) is 0 Å². The molecule has 2 aliphatic heterocycles. The van der Waals surface area contributed by atoms with Crippen molar-refractivity contribution in [3.8, 4) is 0 Å². The summed E-state index contributed by atoms with van der Waals surface area (Å²) in [4.78, 5) is 19.0. The number of fused-ring (bicyclic) bond motifs is 4. The quantitative estimate of drug-likeness (QED) is 0.689. The van der Waals surface area contributed by atoms with Gasteiger partial charge in [-0.15, -0.1) is 0 Å². The molecule has 1 aromatic carbocycles. The highest BCUT2D eigenvalue weighted by molar-refractivity contribution is 5.93. The number of pyridine rings is 1. The summed E-state index contributed by atoms with van der Waals surface area (Å²) < 4.78 is 0. The molecule has 1 N–H and O–H groups in total. The van der Waals surface area contributed by atoms with Crippen LogP contribution >= 0.6 is 0 Å². The van der Waals surface area contributed by atoms with Crippen LogP contribution in [0.2, 0.25) is 0 Å². The molecule has 0 amide bonds. The zero-order valence-corrected chi connectivity index (χ0v) is 17.8. The first-order chi connectivity index (χ1) is 15.1. The average Bonchev–Trinajstić information content (AvgIpc) is 3.13. The van der Waals surface area contributed by atoms with E-state index in [-0.39, 0.29) is 11.6 Å². The molecule has 0 unspecified atom stereocenters. The summed E-state index contributed by atoms with van der Waals surface area (Å²) in [7, 11) is 0. The maximum Gasteiger partial charge on any atom is 0.0910 e. The van der Waals surface area contributed by atoms with Crippen molar-refractivity contribution in [1.82, 2.24) is 24.8 Å². The van der Waals surface area contributed by atoms with Crippen molar-refractivity contribution in [3.05, 3.63) is 65.7 Å². The van der Waals surface area contributed by atoms with E-state index in [4.69, 9.17) is 4.98 Å². The standard InChI is InChI=1S/C25H27N5O/c1-17-3-2-4-21(28-17)24-23(18-5-6-20-22(15-18)27-13-12-26-20)29-14-11-25(30(24)16-29)9-7-19(31)8-10-25/h2-6,12-13,15,19,31H,7-11,14,16H2,1H3/t19-,25+. The molecule has 0 radical (unpaired) electrons. The lowest BCUT2D eigenvalue weighted by molar-refractivity contribution is -0.00349. The fourth-order valence-corrected chi connectivity index (χ4v) is 5.66. The van der Waals surface area contributed by atoms with E-state index >= 15 is 0 Å². The van der Waals surface area contributed by atoms with Crippen LogP contribution in [0.3, 0.4) is 0 Å². The Morgan fingerprint density at radius 3 is 2.58 bits per heavy atom. The van der Waals surface area contributed by atoms with E-state index in [1.165, 1.54) is 17.0 Å². The van der Waals surface area contributed by atoms with E-state index in [0.717, 1.165) is 67.7 Å². The molecule has 0 atom stereocenters. The van der Waals surface area contributed by atoms with Crippen LogP contribution in [0, 0.1) is 6.92 Å². The highest BCUT2D eigenvalue weighted by atomic mass is 16.3. The number of aliphatic hydroxyl groups excluding tert-OH is 1. The summed E-state index contributed by atoms with van der Waals surface area (Å²) in [6.45, 7) is 3.96. The highest BCUT2D eigenvalue weighted by Crippen LogP contribution is 2.50. The Morgan fingerprint density at radius 1 is 0.968 bits per heavy atom. The summed E-state index contributed by atoms with van der Waals surface area (Å²) in [6, 6.07) is 12.7. The minimum absolute atomic E-state index is 0.106. The number of nitrogens with zero attached hydrogens (tertiary/aromatic N) is 5. The molecule has 2 fully saturated rings. The summed E-state index contributed by atoms with van der Waals surface area (Å²) in [5, 5.41) is 10.2. The van der Waals surface area contributed by atoms with Gasteiger partial charge in [0, 0.05) is 35.7 Å². The van der Waals surface area contributed by atoms with Gasteiger partial charge >= 0.3 is 0 Å². The van der Waals surface area contributed by atoms with Crippen molar-refractivity contribution in [2.24, 2.45) is 0 Å². The molecule has 4 heterocycles. The fraction of sp³-hybridized carbons (Fsp3) is 0.400. The highest BCUT2D eigenvalue weighted by Gasteiger charge is 2.49. The van der Waals surface area contributed by atoms with Crippen molar-refractivity contribution < 1.29 is 5.11 Å². The van der Waals surface area contributed by atoms with E-state index in [1.54, 1.807) is 12.4 Å². The number of benzene rings is 1. The lowest BCUT2D eigenvalue weighted by Gasteiger charge is -2.51. The first-order valence-corrected chi connectivity index (χ1v) is 11.2. The summed E-state index contributed by atoms with van der Waals surface area (Å²) in [5.41, 5.74) is 7.63. The average molecular weight is 414 g/mol. The van der Waals surface area contributed by atoms with Crippen molar-refractivity contribution >= 4 is 22.4 Å². The smallest absolute Gasteiger partial charge is 0.0910 e. The number of aryl methyl sites for hydroxylation is 1. The first kappa shape index (κ1) is 18.8. The second-order valence-electron chi connectivity index (χ2n) is 9.16. The molecule has 2 bridgehead atoms. The molecular weight excluding hydrogens is 386 g/mol. The lowest BCUT2D eigenvalue weighted by Crippen LogP contribution is -2.55. The molecule has 158 valence electrons. The Bertz CT molecular complexity index is 1180. The van der Waals surface area contributed by atoms with Gasteiger partial charge in [0.2, 0.25) is 0 Å². The third kappa shape index (κ3) is 3.00. The van der Waals surface area contributed by atoms with Crippen LogP contribution in [0.25, 0.3) is 22.4 Å². The van der Waals surface area contributed by atoms with Crippen LogP contribution in [0.1, 0.15) is 49.1 Å². The normalized spacial score (nSPS) is 25.7. The van der Waals surface area contributed by atoms with E-state index in [1.807, 2.05) is 0 Å². The van der Waals surface area contributed by atoms with Crippen LogP contribution < -0.4 is 0 Å². The molecule has 6 nitrogen and oxygen atoms in total. The van der Waals surface area contributed by atoms with Crippen LogP contribution in [-0.4, -0.2) is 54.7 Å². The third-order valence-corrected chi connectivity index (χ3v) is 7.30. The first-order valence-electron chi connectivity index (χ1n) is 11.2. The molecule has 1 spiro atoms. The second kappa shape index (κ2) is 7.02. The molecule has 2 aromatic heterocycles. The number of aliphatic hydroxyl groups is 1. The summed E-state index contributed by atoms with van der Waals surface area (Å²) >= 11 is 0. The molecule has 6 heteroatoms. The topological polar surface area (TPSA) is 65.4 Å². The maximum absolute atomic E-state index is 10.2. The molecule has 1 saturated carbocycles. The second-order valence-corrected chi connectivity index (χ2v) is 9.16. The molecule has 1 saturated heterocycles. The van der Waals surface area contributed by atoms with Crippen molar-refractivity contribution in [2.75, 3.05) is 13.2 Å². The predicted molar refractivity (Wildman–Crippen MR) is 121 cm³/mol. The minimum atomic E-state index is -0.158. The Balaban J connectivity index is 1.54. The van der Waals surface area contributed by atoms with E-state index < -0.39 is 0 Å². The summed E-state index contributed by atoms with van der Waals surface area (Å²) in [5.74, 6) is 0. The zero-order valence-electron chi connectivity index (χ0n) is 17.8. The van der Waals surface area contributed by atoms with Gasteiger partial charge in [-0.1, -0.05) is 12.1 Å². The van der Waals surface area contributed by atoms with Crippen molar-refractivity contribution in [2.45, 2.75) is 50.7 Å². The van der Waals surface area contributed by atoms with E-state index in [9.17, 15) is 5.11 Å². The number of aromatic nitrogens is 3. The van der Waals surface area contributed by atoms with E-state index in [2.05, 4.69) is 63.1 Å². The minimum Gasteiger partial charge on any atom is -0.393 e. The van der Waals surface area contributed by atoms with Crippen molar-refractivity contribution in [1.29, 1.82) is 0 Å². The monoisotopic (exact) mass is 413 g/mol. The van der Waals surface area contributed by atoms with Crippen LogP contribution in [-0.2, 0) is 0 Å². The molecule has 3 aromatic rings. The maximum atomic E-state index is 10.2. The molecule has 6 rings (SSSR count). The molecule has 3 aliphatic rings. The van der Waals surface area contributed by atoms with Gasteiger partial charge in [0.05, 0.1) is 40.9 Å². The Labute approximate surface area is 182 Å². The van der Waals surface area contributed by atoms with Gasteiger partial charge in [0.15, 0.2) is 0 Å². The largest absolute Gasteiger partial charge is 0.393 e. The SMILES string of the molecule is Cc1cccc(C2=C(c3ccc4nccnc4c3)N3CC[C@]4(CC[C@H](O)CC4)N2C3)n1. The van der Waals surface area contributed by atoms with Gasteiger partial charge in [-0.05, 0) is 63.3 Å². The third-order valence-electron chi connectivity index (χ3n) is 7.30. The van der Waals surface area contributed by atoms with Crippen LogP contribution in [0.5, 0.6) is 0 Å². The number of hydrogen-bond donors (Lipinski definition) is 1. The molecule has 1 aliphatic carbocycles. The van der Waals surface area contributed by atoms with Gasteiger partial charge in [-0.3, -0.25) is 15.0 Å². The van der Waals surface area contributed by atoms with Crippen LogP contribution in [0.15, 0.2) is 48.8 Å². The summed E-state index contributed by atoms with van der Waals surface area (Å²) in [6.07, 6.45) is 8.28. The van der Waals surface area contributed by atoms with Gasteiger partial charge in [-0.2, -0.15) is 0 Å². The van der Waals surface area contributed by atoms with Gasteiger partial charge in [-0.25, -0.2) is 0 Å². The Kier molecular flexibility index (Phi) is 4.25. The van der Waals surface area contributed by atoms with Crippen LogP contribution in [0.4, 0.5) is 0 Å². The van der Waals surface area contributed by atoms with Gasteiger partial charge in [0.25, 0.3) is 0 Å². The number of hydrogen-bond acceptors (Lipinski definition) is 6. The zero-order chi connectivity index (χ0) is 21.0. The Morgan fingerprint density at radius 2 is 1.77 bits per heavy atom. The fourth-order valence-electron chi connectivity index (χ4n) is 5.66.